The van der Waals surface area contributed by atoms with Crippen molar-refractivity contribution in [2.45, 2.75) is 33.0 Å². The number of aromatic amines is 1. The molecule has 2 N–H and O–H groups in total. The zero-order valence-corrected chi connectivity index (χ0v) is 13.3. The van der Waals surface area contributed by atoms with Gasteiger partial charge in [-0.05, 0) is 25.5 Å². The summed E-state index contributed by atoms with van der Waals surface area (Å²) in [6, 6.07) is 4.65. The minimum Gasteiger partial charge on any atom is -0.363 e. The highest BCUT2D eigenvalue weighted by Gasteiger charge is 2.30. The monoisotopic (exact) mass is 338 g/mol. The standard InChI is InChI=1S/C17H17F3N2O2/c1-10-8-21-14(11(2)16(10)24)9-22-15(23)7-12-4-3-5-13(6-12)17(18,19)20/h3-6,8H,7,9H2,1-2H3,(H,21,24)(H,22,23). The van der Waals surface area contributed by atoms with E-state index >= 15 is 0 Å². The summed E-state index contributed by atoms with van der Waals surface area (Å²) in [4.78, 5) is 26.7. The average molecular weight is 338 g/mol. The average Bonchev–Trinajstić information content (AvgIpc) is 2.51. The molecule has 4 nitrogen and oxygen atoms in total. The number of rotatable bonds is 4. The van der Waals surface area contributed by atoms with Crippen LogP contribution < -0.4 is 10.7 Å². The van der Waals surface area contributed by atoms with Gasteiger partial charge < -0.3 is 10.3 Å². The number of hydrogen-bond donors (Lipinski definition) is 2. The number of amides is 1. The highest BCUT2D eigenvalue weighted by atomic mass is 19.4. The zero-order chi connectivity index (χ0) is 17.9. The number of carbonyl (C=O) groups excluding carboxylic acids is 1. The van der Waals surface area contributed by atoms with E-state index in [-0.39, 0.29) is 24.0 Å². The van der Waals surface area contributed by atoms with Crippen LogP contribution in [0, 0.1) is 13.8 Å². The molecule has 0 aliphatic carbocycles. The fourth-order valence-corrected chi connectivity index (χ4v) is 2.28. The molecule has 0 aliphatic heterocycles. The van der Waals surface area contributed by atoms with E-state index in [1.807, 2.05) is 0 Å². The van der Waals surface area contributed by atoms with E-state index in [9.17, 15) is 22.8 Å². The molecule has 2 rings (SSSR count). The molecule has 1 aromatic carbocycles. The van der Waals surface area contributed by atoms with E-state index in [0.29, 0.717) is 16.8 Å². The first-order valence-corrected chi connectivity index (χ1v) is 7.29. The van der Waals surface area contributed by atoms with Crippen LogP contribution in [0.4, 0.5) is 13.2 Å². The van der Waals surface area contributed by atoms with Crippen LogP contribution in [0.15, 0.2) is 35.3 Å². The summed E-state index contributed by atoms with van der Waals surface area (Å²) >= 11 is 0. The number of pyridine rings is 1. The van der Waals surface area contributed by atoms with Crippen LogP contribution >= 0.6 is 0 Å². The fraction of sp³-hybridized carbons (Fsp3) is 0.294. The Hall–Kier alpha value is -2.57. The van der Waals surface area contributed by atoms with Gasteiger partial charge in [0.25, 0.3) is 0 Å². The van der Waals surface area contributed by atoms with Crippen LogP contribution in [0.1, 0.15) is 27.9 Å². The summed E-state index contributed by atoms with van der Waals surface area (Å²) in [6.45, 7) is 3.45. The van der Waals surface area contributed by atoms with Gasteiger partial charge in [-0.2, -0.15) is 13.2 Å². The van der Waals surface area contributed by atoms with E-state index in [1.54, 1.807) is 20.0 Å². The molecule has 0 saturated heterocycles. The number of alkyl halides is 3. The molecule has 0 fully saturated rings. The van der Waals surface area contributed by atoms with Crippen molar-refractivity contribution in [2.24, 2.45) is 0 Å². The molecule has 0 unspecified atom stereocenters. The molecule has 0 bridgehead atoms. The van der Waals surface area contributed by atoms with Crippen LogP contribution in [0.3, 0.4) is 0 Å². The second-order valence-electron chi connectivity index (χ2n) is 5.56. The summed E-state index contributed by atoms with van der Waals surface area (Å²) in [5, 5.41) is 2.60. The Kier molecular flexibility index (Phi) is 5.11. The Bertz CT molecular complexity index is 810. The fourth-order valence-electron chi connectivity index (χ4n) is 2.28. The maximum atomic E-state index is 12.7. The molecule has 0 aliphatic rings. The highest BCUT2D eigenvalue weighted by Crippen LogP contribution is 2.29. The molecule has 1 amide bonds. The lowest BCUT2D eigenvalue weighted by atomic mass is 10.1. The van der Waals surface area contributed by atoms with E-state index in [1.165, 1.54) is 12.1 Å². The summed E-state index contributed by atoms with van der Waals surface area (Å²) in [5.41, 5.74) is 1.04. The van der Waals surface area contributed by atoms with Crippen molar-refractivity contribution >= 4 is 5.91 Å². The van der Waals surface area contributed by atoms with E-state index in [4.69, 9.17) is 0 Å². The summed E-state index contributed by atoms with van der Waals surface area (Å²) in [7, 11) is 0. The Labute approximate surface area is 136 Å². The molecule has 0 spiro atoms. The number of hydrogen-bond acceptors (Lipinski definition) is 2. The van der Waals surface area contributed by atoms with Crippen molar-refractivity contribution < 1.29 is 18.0 Å². The first kappa shape index (κ1) is 17.8. The third kappa shape index (κ3) is 4.24. The Balaban J connectivity index is 2.02. The number of nitrogens with one attached hydrogen (secondary N) is 2. The van der Waals surface area contributed by atoms with Crippen molar-refractivity contribution in [2.75, 3.05) is 0 Å². The number of carbonyl (C=O) groups is 1. The largest absolute Gasteiger partial charge is 0.416 e. The third-order valence-electron chi connectivity index (χ3n) is 3.70. The molecular formula is C17H17F3N2O2. The predicted molar refractivity (Wildman–Crippen MR) is 83.5 cm³/mol. The van der Waals surface area contributed by atoms with Crippen LogP contribution in [-0.2, 0) is 23.9 Å². The van der Waals surface area contributed by atoms with E-state index in [2.05, 4.69) is 10.3 Å². The highest BCUT2D eigenvalue weighted by molar-refractivity contribution is 5.78. The first-order valence-electron chi connectivity index (χ1n) is 7.29. The Morgan fingerprint density at radius 2 is 1.96 bits per heavy atom. The SMILES string of the molecule is Cc1c[nH]c(CNC(=O)Cc2cccc(C(F)(F)F)c2)c(C)c1=O. The Morgan fingerprint density at radius 3 is 2.62 bits per heavy atom. The van der Waals surface area contributed by atoms with Crippen LogP contribution in [-0.4, -0.2) is 10.9 Å². The number of halogens is 3. The molecule has 7 heteroatoms. The first-order chi connectivity index (χ1) is 11.2. The number of aryl methyl sites for hydroxylation is 1. The van der Waals surface area contributed by atoms with Gasteiger partial charge in [-0.25, -0.2) is 0 Å². The molecule has 2 aromatic rings. The lowest BCUT2D eigenvalue weighted by Crippen LogP contribution is -2.27. The molecule has 128 valence electrons. The maximum Gasteiger partial charge on any atom is 0.416 e. The van der Waals surface area contributed by atoms with Crippen LogP contribution in [0.5, 0.6) is 0 Å². The lowest BCUT2D eigenvalue weighted by Gasteiger charge is -2.10. The minimum absolute atomic E-state index is 0.101. The van der Waals surface area contributed by atoms with Gasteiger partial charge in [0.1, 0.15) is 0 Å². The number of aromatic nitrogens is 1. The van der Waals surface area contributed by atoms with Crippen molar-refractivity contribution in [3.63, 3.8) is 0 Å². The number of H-pyrrole nitrogens is 1. The Morgan fingerprint density at radius 1 is 1.25 bits per heavy atom. The van der Waals surface area contributed by atoms with Gasteiger partial charge in [-0.1, -0.05) is 18.2 Å². The van der Waals surface area contributed by atoms with Crippen LogP contribution in [0.25, 0.3) is 0 Å². The molecule has 1 heterocycles. The topological polar surface area (TPSA) is 62.0 Å². The summed E-state index contributed by atoms with van der Waals surface area (Å²) in [6.07, 6.45) is -3.05. The third-order valence-corrected chi connectivity index (χ3v) is 3.70. The van der Waals surface area contributed by atoms with Gasteiger partial charge in [-0.3, -0.25) is 9.59 Å². The molecule has 0 atom stereocenters. The van der Waals surface area contributed by atoms with Crippen molar-refractivity contribution in [3.8, 4) is 0 Å². The minimum atomic E-state index is -4.44. The van der Waals surface area contributed by atoms with Crippen LogP contribution in [0.2, 0.25) is 0 Å². The molecular weight excluding hydrogens is 321 g/mol. The van der Waals surface area contributed by atoms with Gasteiger partial charge in [0.15, 0.2) is 5.43 Å². The van der Waals surface area contributed by atoms with Gasteiger partial charge in [0, 0.05) is 23.0 Å². The van der Waals surface area contributed by atoms with Crippen molar-refractivity contribution in [1.29, 1.82) is 0 Å². The zero-order valence-electron chi connectivity index (χ0n) is 13.3. The van der Waals surface area contributed by atoms with Crippen molar-refractivity contribution in [3.05, 3.63) is 68.6 Å². The maximum absolute atomic E-state index is 12.7. The lowest BCUT2D eigenvalue weighted by molar-refractivity contribution is -0.137. The second kappa shape index (κ2) is 6.90. The van der Waals surface area contributed by atoms with Gasteiger partial charge in [0.2, 0.25) is 5.91 Å². The second-order valence-corrected chi connectivity index (χ2v) is 5.56. The predicted octanol–water partition coefficient (Wildman–Crippen LogP) is 2.87. The molecule has 0 saturated carbocycles. The molecule has 24 heavy (non-hydrogen) atoms. The molecule has 0 radical (unpaired) electrons. The van der Waals surface area contributed by atoms with E-state index in [0.717, 1.165) is 12.1 Å². The van der Waals surface area contributed by atoms with Gasteiger partial charge in [-0.15, -0.1) is 0 Å². The smallest absolute Gasteiger partial charge is 0.363 e. The summed E-state index contributed by atoms with van der Waals surface area (Å²) < 4.78 is 38.0. The van der Waals surface area contributed by atoms with E-state index < -0.39 is 17.6 Å². The summed E-state index contributed by atoms with van der Waals surface area (Å²) in [5.74, 6) is -0.421. The molecule has 1 aromatic heterocycles. The van der Waals surface area contributed by atoms with Gasteiger partial charge in [0.05, 0.1) is 18.5 Å². The number of benzene rings is 1. The van der Waals surface area contributed by atoms with Gasteiger partial charge >= 0.3 is 6.18 Å². The normalized spacial score (nSPS) is 11.4. The van der Waals surface area contributed by atoms with Crippen molar-refractivity contribution in [1.82, 2.24) is 10.3 Å². The quantitative estimate of drug-likeness (QED) is 0.900.